The van der Waals surface area contributed by atoms with E-state index in [9.17, 15) is 0 Å². The summed E-state index contributed by atoms with van der Waals surface area (Å²) in [6.45, 7) is 13.4. The summed E-state index contributed by atoms with van der Waals surface area (Å²) in [6, 6.07) is 8.19. The summed E-state index contributed by atoms with van der Waals surface area (Å²) in [6.07, 6.45) is 6.82. The van der Waals surface area contributed by atoms with Crippen LogP contribution < -0.4 is 5.32 Å². The lowest BCUT2D eigenvalue weighted by Gasteiger charge is -2.34. The van der Waals surface area contributed by atoms with E-state index in [2.05, 4.69) is 74.6 Å². The fourth-order valence-corrected chi connectivity index (χ4v) is 3.67. The Bertz CT molecular complexity index is 870. The van der Waals surface area contributed by atoms with E-state index in [-0.39, 0.29) is 11.0 Å². The zero-order chi connectivity index (χ0) is 18.2. The lowest BCUT2D eigenvalue weighted by atomic mass is 9.82. The van der Waals surface area contributed by atoms with Crippen LogP contribution in [0.1, 0.15) is 46.6 Å². The van der Waals surface area contributed by atoms with E-state index >= 15 is 0 Å². The quantitative estimate of drug-likeness (QED) is 0.700. The van der Waals surface area contributed by atoms with E-state index in [1.165, 1.54) is 5.56 Å². The molecule has 132 valence electrons. The Hall–Kier alpha value is -2.36. The summed E-state index contributed by atoms with van der Waals surface area (Å²) in [5.74, 6) is 1.04. The van der Waals surface area contributed by atoms with Gasteiger partial charge in [-0.1, -0.05) is 26.8 Å². The summed E-state index contributed by atoms with van der Waals surface area (Å²) in [5, 5.41) is 3.77. The van der Waals surface area contributed by atoms with Gasteiger partial charge in [-0.15, -0.1) is 0 Å². The van der Waals surface area contributed by atoms with E-state index in [0.717, 1.165) is 29.1 Å². The van der Waals surface area contributed by atoms with Crippen LogP contribution in [0.4, 0.5) is 5.82 Å². The Morgan fingerprint density at radius 1 is 1.00 bits per heavy atom. The predicted octanol–water partition coefficient (Wildman–Crippen LogP) is 5.33. The molecule has 0 aliphatic heterocycles. The molecule has 4 nitrogen and oxygen atoms in total. The Balaban J connectivity index is 2.13. The number of imidazole rings is 1. The molecule has 0 saturated heterocycles. The smallest absolute Gasteiger partial charge is 0.139 e. The van der Waals surface area contributed by atoms with Crippen LogP contribution in [0, 0.1) is 12.3 Å². The number of hydrogen-bond donors (Lipinski definition) is 1. The second-order valence-electron chi connectivity index (χ2n) is 8.73. The third kappa shape index (κ3) is 4.01. The maximum absolute atomic E-state index is 4.88. The van der Waals surface area contributed by atoms with Gasteiger partial charge in [-0.3, -0.25) is 9.38 Å². The van der Waals surface area contributed by atoms with E-state index in [4.69, 9.17) is 4.98 Å². The maximum atomic E-state index is 4.88. The van der Waals surface area contributed by atoms with Crippen molar-refractivity contribution >= 4 is 11.5 Å². The molecule has 0 aliphatic rings. The average Bonchev–Trinajstić information content (AvgIpc) is 2.83. The summed E-state index contributed by atoms with van der Waals surface area (Å²) in [4.78, 5) is 9.01. The molecule has 0 atom stereocenters. The van der Waals surface area contributed by atoms with Gasteiger partial charge < -0.3 is 5.32 Å². The van der Waals surface area contributed by atoms with Gasteiger partial charge in [-0.2, -0.15) is 0 Å². The number of aromatic nitrogens is 3. The highest BCUT2D eigenvalue weighted by Gasteiger charge is 2.28. The first-order valence-electron chi connectivity index (χ1n) is 8.82. The molecule has 25 heavy (non-hydrogen) atoms. The largest absolute Gasteiger partial charge is 0.364 e. The molecule has 0 saturated carbocycles. The summed E-state index contributed by atoms with van der Waals surface area (Å²) < 4.78 is 2.16. The molecule has 0 spiro atoms. The van der Waals surface area contributed by atoms with E-state index in [1.54, 1.807) is 0 Å². The van der Waals surface area contributed by atoms with Crippen molar-refractivity contribution in [1.29, 1.82) is 0 Å². The number of anilines is 1. The van der Waals surface area contributed by atoms with Gasteiger partial charge in [0.2, 0.25) is 0 Å². The van der Waals surface area contributed by atoms with Crippen LogP contribution in [0.15, 0.2) is 42.9 Å². The summed E-state index contributed by atoms with van der Waals surface area (Å²) in [5.41, 5.74) is 4.39. The maximum Gasteiger partial charge on any atom is 0.139 e. The molecule has 1 N–H and O–H groups in total. The minimum atomic E-state index is -0.0558. The molecular weight excluding hydrogens is 308 g/mol. The molecule has 3 heterocycles. The number of nitrogens with zero attached hydrogens (tertiary/aromatic N) is 3. The number of nitrogens with one attached hydrogen (secondary N) is 1. The normalized spacial score (nSPS) is 12.6. The minimum absolute atomic E-state index is 0.0558. The van der Waals surface area contributed by atoms with E-state index in [1.807, 2.05) is 24.5 Å². The highest BCUT2D eigenvalue weighted by atomic mass is 15.2. The molecule has 0 aliphatic carbocycles. The molecule has 0 radical (unpaired) electrons. The summed E-state index contributed by atoms with van der Waals surface area (Å²) in [7, 11) is 0. The van der Waals surface area contributed by atoms with Crippen LogP contribution in [0.2, 0.25) is 0 Å². The van der Waals surface area contributed by atoms with E-state index in [0.29, 0.717) is 0 Å². The zero-order valence-corrected chi connectivity index (χ0v) is 16.1. The first-order valence-corrected chi connectivity index (χ1v) is 8.82. The Kier molecular flexibility index (Phi) is 4.31. The van der Waals surface area contributed by atoms with Crippen LogP contribution in [0.5, 0.6) is 0 Å². The molecule has 0 fully saturated rings. The highest BCUT2D eigenvalue weighted by molar-refractivity contribution is 5.76. The van der Waals surface area contributed by atoms with Crippen molar-refractivity contribution in [3.8, 4) is 11.3 Å². The van der Waals surface area contributed by atoms with Gasteiger partial charge in [0.25, 0.3) is 0 Å². The first kappa shape index (κ1) is 17.5. The number of pyridine rings is 2. The molecular formula is C21H28N4. The molecule has 0 bridgehead atoms. The number of fused-ring (bicyclic) bond motifs is 1. The van der Waals surface area contributed by atoms with Gasteiger partial charge in [-0.25, -0.2) is 4.98 Å². The molecule has 4 heteroatoms. The topological polar surface area (TPSA) is 42.2 Å². The Morgan fingerprint density at radius 3 is 2.32 bits per heavy atom. The fraction of sp³-hybridized carbons (Fsp3) is 0.429. The molecule has 0 aromatic carbocycles. The fourth-order valence-electron chi connectivity index (χ4n) is 3.67. The molecule has 0 unspecified atom stereocenters. The van der Waals surface area contributed by atoms with Crippen LogP contribution >= 0.6 is 0 Å². The number of aryl methyl sites for hydroxylation is 1. The van der Waals surface area contributed by atoms with Gasteiger partial charge in [0, 0.05) is 29.7 Å². The van der Waals surface area contributed by atoms with Crippen LogP contribution in [-0.2, 0) is 0 Å². The van der Waals surface area contributed by atoms with Gasteiger partial charge >= 0.3 is 0 Å². The van der Waals surface area contributed by atoms with Gasteiger partial charge in [0.05, 0.1) is 0 Å². The Labute approximate surface area is 150 Å². The van der Waals surface area contributed by atoms with Crippen LogP contribution in [-0.4, -0.2) is 19.9 Å². The second-order valence-corrected chi connectivity index (χ2v) is 8.73. The van der Waals surface area contributed by atoms with Crippen molar-refractivity contribution in [2.45, 2.75) is 53.5 Å². The molecule has 3 aromatic rings. The van der Waals surface area contributed by atoms with Crippen LogP contribution in [0.25, 0.3) is 16.9 Å². The number of hydrogen-bond acceptors (Lipinski definition) is 3. The lowest BCUT2D eigenvalue weighted by molar-refractivity contribution is 0.302. The minimum Gasteiger partial charge on any atom is -0.364 e. The van der Waals surface area contributed by atoms with Crippen molar-refractivity contribution in [2.75, 3.05) is 5.32 Å². The standard InChI is InChI=1S/C21H28N4/c1-15-7-8-17-23-18(16-9-11-22-12-10-16)19(25(17)13-15)24-21(5,6)14-20(2,3)4/h7-13,24H,14H2,1-6H3. The zero-order valence-electron chi connectivity index (χ0n) is 16.1. The molecule has 3 rings (SSSR count). The SMILES string of the molecule is Cc1ccc2nc(-c3ccncc3)c(NC(C)(C)CC(C)(C)C)n2c1. The van der Waals surface area contributed by atoms with Crippen molar-refractivity contribution in [2.24, 2.45) is 5.41 Å². The second kappa shape index (κ2) is 6.17. The third-order valence-corrected chi connectivity index (χ3v) is 4.15. The van der Waals surface area contributed by atoms with Gasteiger partial charge in [0.15, 0.2) is 0 Å². The predicted molar refractivity (Wildman–Crippen MR) is 105 cm³/mol. The van der Waals surface area contributed by atoms with Crippen molar-refractivity contribution in [3.05, 3.63) is 48.4 Å². The van der Waals surface area contributed by atoms with Crippen molar-refractivity contribution in [1.82, 2.24) is 14.4 Å². The van der Waals surface area contributed by atoms with Crippen molar-refractivity contribution < 1.29 is 0 Å². The average molecular weight is 336 g/mol. The summed E-state index contributed by atoms with van der Waals surface area (Å²) >= 11 is 0. The van der Waals surface area contributed by atoms with Crippen LogP contribution in [0.3, 0.4) is 0 Å². The van der Waals surface area contributed by atoms with Gasteiger partial charge in [-0.05, 0) is 56.4 Å². The lowest BCUT2D eigenvalue weighted by Crippen LogP contribution is -2.36. The number of rotatable bonds is 4. The molecule has 3 aromatic heterocycles. The van der Waals surface area contributed by atoms with E-state index < -0.39 is 0 Å². The monoisotopic (exact) mass is 336 g/mol. The Morgan fingerprint density at radius 2 is 1.68 bits per heavy atom. The highest BCUT2D eigenvalue weighted by Crippen LogP contribution is 2.34. The van der Waals surface area contributed by atoms with Gasteiger partial charge in [0.1, 0.15) is 17.2 Å². The first-order chi connectivity index (χ1) is 11.6. The van der Waals surface area contributed by atoms with Crippen molar-refractivity contribution in [3.63, 3.8) is 0 Å². The third-order valence-electron chi connectivity index (χ3n) is 4.15. The molecule has 0 amide bonds.